The molecule has 1 saturated heterocycles. The van der Waals surface area contributed by atoms with E-state index >= 15 is 0 Å². The van der Waals surface area contributed by atoms with Gasteiger partial charge in [0, 0.05) is 29.9 Å². The topological polar surface area (TPSA) is 49.4 Å². The van der Waals surface area contributed by atoms with Crippen LogP contribution in [-0.2, 0) is 17.6 Å². The molecular formula is C21H22N2O2. The van der Waals surface area contributed by atoms with Crippen molar-refractivity contribution >= 4 is 23.2 Å². The monoisotopic (exact) mass is 334 g/mol. The number of aryl methyl sites for hydroxylation is 2. The van der Waals surface area contributed by atoms with Crippen molar-refractivity contribution in [2.75, 3.05) is 16.8 Å². The maximum absolute atomic E-state index is 12.5. The van der Waals surface area contributed by atoms with Gasteiger partial charge in [-0.15, -0.1) is 0 Å². The zero-order valence-electron chi connectivity index (χ0n) is 14.3. The fraction of sp³-hybridized carbons (Fsp3) is 0.333. The molecule has 4 rings (SSSR count). The fourth-order valence-corrected chi connectivity index (χ4v) is 3.72. The molecule has 128 valence electrons. The number of rotatable bonds is 3. The van der Waals surface area contributed by atoms with Gasteiger partial charge in [0.1, 0.15) is 0 Å². The van der Waals surface area contributed by atoms with E-state index in [1.807, 2.05) is 36.4 Å². The number of benzene rings is 2. The molecule has 0 spiro atoms. The fourth-order valence-electron chi connectivity index (χ4n) is 3.72. The quantitative estimate of drug-likeness (QED) is 0.924. The molecule has 0 saturated carbocycles. The molecular weight excluding hydrogens is 312 g/mol. The van der Waals surface area contributed by atoms with Gasteiger partial charge in [0.05, 0.1) is 0 Å². The molecule has 0 atom stereocenters. The van der Waals surface area contributed by atoms with Crippen molar-refractivity contribution in [3.8, 4) is 0 Å². The third kappa shape index (κ3) is 3.29. The molecule has 1 heterocycles. The summed E-state index contributed by atoms with van der Waals surface area (Å²) in [5.41, 5.74) is 5.04. The largest absolute Gasteiger partial charge is 0.322 e. The summed E-state index contributed by atoms with van der Waals surface area (Å²) in [6, 6.07) is 13.5. The Morgan fingerprint density at radius 2 is 1.64 bits per heavy atom. The number of anilines is 2. The van der Waals surface area contributed by atoms with E-state index in [0.717, 1.165) is 37.2 Å². The summed E-state index contributed by atoms with van der Waals surface area (Å²) >= 11 is 0. The van der Waals surface area contributed by atoms with E-state index in [1.165, 1.54) is 24.0 Å². The van der Waals surface area contributed by atoms with Crippen molar-refractivity contribution in [1.82, 2.24) is 0 Å². The molecule has 1 fully saturated rings. The van der Waals surface area contributed by atoms with Crippen molar-refractivity contribution in [1.29, 1.82) is 0 Å². The summed E-state index contributed by atoms with van der Waals surface area (Å²) in [6.07, 6.45) is 6.16. The Balaban J connectivity index is 1.46. The first-order chi connectivity index (χ1) is 12.2. The van der Waals surface area contributed by atoms with Gasteiger partial charge in [-0.25, -0.2) is 0 Å². The third-order valence-electron chi connectivity index (χ3n) is 5.12. The Bertz CT molecular complexity index is 811. The Labute approximate surface area is 147 Å². The Kier molecular flexibility index (Phi) is 4.26. The lowest BCUT2D eigenvalue weighted by atomic mass is 9.90. The van der Waals surface area contributed by atoms with Crippen LogP contribution in [-0.4, -0.2) is 18.4 Å². The SMILES string of the molecule is O=C(Nc1ccc(N2CCCC2=O)cc1)c1ccc2c(c1)CCCC2. The Morgan fingerprint density at radius 3 is 2.36 bits per heavy atom. The molecule has 0 unspecified atom stereocenters. The summed E-state index contributed by atoms with van der Waals surface area (Å²) < 4.78 is 0. The van der Waals surface area contributed by atoms with Crippen LogP contribution in [0.5, 0.6) is 0 Å². The average Bonchev–Trinajstić information content (AvgIpc) is 3.08. The van der Waals surface area contributed by atoms with Crippen molar-refractivity contribution in [3.05, 3.63) is 59.2 Å². The maximum atomic E-state index is 12.5. The molecule has 0 bridgehead atoms. The molecule has 1 aliphatic heterocycles. The summed E-state index contributed by atoms with van der Waals surface area (Å²) in [7, 11) is 0. The van der Waals surface area contributed by atoms with Crippen molar-refractivity contribution in [3.63, 3.8) is 0 Å². The second-order valence-electron chi connectivity index (χ2n) is 6.84. The molecule has 4 nitrogen and oxygen atoms in total. The Hall–Kier alpha value is -2.62. The van der Waals surface area contributed by atoms with Crippen LogP contribution in [0.4, 0.5) is 11.4 Å². The Morgan fingerprint density at radius 1 is 0.880 bits per heavy atom. The van der Waals surface area contributed by atoms with Crippen LogP contribution in [0.15, 0.2) is 42.5 Å². The van der Waals surface area contributed by atoms with Crippen LogP contribution in [0.25, 0.3) is 0 Å². The zero-order chi connectivity index (χ0) is 17.2. The van der Waals surface area contributed by atoms with E-state index in [-0.39, 0.29) is 11.8 Å². The van der Waals surface area contributed by atoms with Crippen LogP contribution < -0.4 is 10.2 Å². The van der Waals surface area contributed by atoms with E-state index in [9.17, 15) is 9.59 Å². The van der Waals surface area contributed by atoms with E-state index in [2.05, 4.69) is 11.4 Å². The maximum Gasteiger partial charge on any atom is 0.255 e. The van der Waals surface area contributed by atoms with Gasteiger partial charge in [-0.1, -0.05) is 6.07 Å². The summed E-state index contributed by atoms with van der Waals surface area (Å²) in [6.45, 7) is 0.777. The van der Waals surface area contributed by atoms with Gasteiger partial charge in [0.15, 0.2) is 0 Å². The first-order valence-corrected chi connectivity index (χ1v) is 9.04. The predicted molar refractivity (Wildman–Crippen MR) is 99.1 cm³/mol. The lowest BCUT2D eigenvalue weighted by Gasteiger charge is -2.17. The number of hydrogen-bond acceptors (Lipinski definition) is 2. The molecule has 2 aromatic rings. The predicted octanol–water partition coefficient (Wildman–Crippen LogP) is 3.94. The van der Waals surface area contributed by atoms with E-state index in [1.54, 1.807) is 4.90 Å². The molecule has 2 amide bonds. The van der Waals surface area contributed by atoms with E-state index in [0.29, 0.717) is 12.0 Å². The van der Waals surface area contributed by atoms with Gasteiger partial charge in [-0.3, -0.25) is 9.59 Å². The molecule has 1 aliphatic carbocycles. The normalized spacial score (nSPS) is 16.6. The number of amides is 2. The van der Waals surface area contributed by atoms with Crippen molar-refractivity contribution in [2.24, 2.45) is 0 Å². The van der Waals surface area contributed by atoms with Crippen LogP contribution in [0.3, 0.4) is 0 Å². The highest BCUT2D eigenvalue weighted by Crippen LogP contribution is 2.25. The molecule has 0 radical (unpaired) electrons. The molecule has 0 aromatic heterocycles. The summed E-state index contributed by atoms with van der Waals surface area (Å²) in [4.78, 5) is 26.1. The number of nitrogens with zero attached hydrogens (tertiary/aromatic N) is 1. The minimum atomic E-state index is -0.0848. The van der Waals surface area contributed by atoms with Gasteiger partial charge in [-0.05, 0) is 79.6 Å². The minimum absolute atomic E-state index is 0.0848. The van der Waals surface area contributed by atoms with Crippen molar-refractivity contribution < 1.29 is 9.59 Å². The lowest BCUT2D eigenvalue weighted by molar-refractivity contribution is -0.117. The van der Waals surface area contributed by atoms with Gasteiger partial charge in [-0.2, -0.15) is 0 Å². The molecule has 2 aromatic carbocycles. The molecule has 25 heavy (non-hydrogen) atoms. The molecule has 2 aliphatic rings. The van der Waals surface area contributed by atoms with Gasteiger partial charge < -0.3 is 10.2 Å². The van der Waals surface area contributed by atoms with Crippen molar-refractivity contribution in [2.45, 2.75) is 38.5 Å². The standard InChI is InChI=1S/C21H22N2O2/c24-20-6-3-13-23(20)19-11-9-18(10-12-19)22-21(25)17-8-7-15-4-1-2-5-16(15)14-17/h7-12,14H,1-6,13H2,(H,22,25). The average molecular weight is 334 g/mol. The zero-order valence-corrected chi connectivity index (χ0v) is 14.3. The summed E-state index contributed by atoms with van der Waals surface area (Å²) in [5, 5.41) is 2.95. The second-order valence-corrected chi connectivity index (χ2v) is 6.84. The molecule has 1 N–H and O–H groups in total. The summed E-state index contributed by atoms with van der Waals surface area (Å²) in [5.74, 6) is 0.0872. The third-order valence-corrected chi connectivity index (χ3v) is 5.12. The van der Waals surface area contributed by atoms with Crippen LogP contribution >= 0.6 is 0 Å². The number of carbonyl (C=O) groups excluding carboxylic acids is 2. The minimum Gasteiger partial charge on any atom is -0.322 e. The highest BCUT2D eigenvalue weighted by Gasteiger charge is 2.21. The first kappa shape index (κ1) is 15.9. The second kappa shape index (κ2) is 6.71. The number of carbonyl (C=O) groups is 2. The van der Waals surface area contributed by atoms with Crippen LogP contribution in [0.2, 0.25) is 0 Å². The number of hydrogen-bond donors (Lipinski definition) is 1. The van der Waals surface area contributed by atoms with E-state index in [4.69, 9.17) is 0 Å². The highest BCUT2D eigenvalue weighted by molar-refractivity contribution is 6.04. The van der Waals surface area contributed by atoms with Gasteiger partial charge in [0.25, 0.3) is 5.91 Å². The number of fused-ring (bicyclic) bond motifs is 1. The van der Waals surface area contributed by atoms with Crippen LogP contribution in [0, 0.1) is 0 Å². The first-order valence-electron chi connectivity index (χ1n) is 9.04. The highest BCUT2D eigenvalue weighted by atomic mass is 16.2. The van der Waals surface area contributed by atoms with Crippen LogP contribution in [0.1, 0.15) is 47.2 Å². The number of nitrogens with one attached hydrogen (secondary N) is 1. The van der Waals surface area contributed by atoms with E-state index < -0.39 is 0 Å². The molecule has 4 heteroatoms. The smallest absolute Gasteiger partial charge is 0.255 e. The lowest BCUT2D eigenvalue weighted by Crippen LogP contribution is -2.23. The van der Waals surface area contributed by atoms with Gasteiger partial charge >= 0.3 is 0 Å². The van der Waals surface area contributed by atoms with Gasteiger partial charge in [0.2, 0.25) is 5.91 Å².